The summed E-state index contributed by atoms with van der Waals surface area (Å²) in [6.45, 7) is 3.86. The highest BCUT2D eigenvalue weighted by Crippen LogP contribution is 2.21. The minimum absolute atomic E-state index is 0.169. The molecule has 0 radical (unpaired) electrons. The molecule has 1 unspecified atom stereocenters. The minimum atomic E-state index is -3.29. The average Bonchev–Trinajstić information content (AvgIpc) is 2.43. The normalized spacial score (nSPS) is 12.7. The molecule has 0 saturated heterocycles. The summed E-state index contributed by atoms with van der Waals surface area (Å²) in [5.74, 6) is 0.500. The first-order valence-electron chi connectivity index (χ1n) is 6.31. The Morgan fingerprint density at radius 1 is 1.35 bits per heavy atom. The minimum Gasteiger partial charge on any atom is -0.492 e. The van der Waals surface area contributed by atoms with E-state index in [-0.39, 0.29) is 18.0 Å². The zero-order chi connectivity index (χ0) is 15.2. The molecule has 1 aromatic carbocycles. The monoisotopic (exact) mass is 301 g/mol. The molecule has 0 fully saturated rings. The summed E-state index contributed by atoms with van der Waals surface area (Å²) in [5.41, 5.74) is 0. The zero-order valence-corrected chi connectivity index (χ0v) is 12.3. The lowest BCUT2D eigenvalue weighted by molar-refractivity contribution is 0.191. The molecule has 6 nitrogen and oxygen atoms in total. The van der Waals surface area contributed by atoms with E-state index in [0.29, 0.717) is 12.2 Å². The maximum atomic E-state index is 12.1. The van der Waals surface area contributed by atoms with Crippen LogP contribution in [0.2, 0.25) is 0 Å². The third-order valence-corrected chi connectivity index (χ3v) is 5.23. The number of ether oxygens (including phenoxy) is 1. The summed E-state index contributed by atoms with van der Waals surface area (Å²) in [6, 6.07) is 6.13. The first kappa shape index (κ1) is 16.3. The van der Waals surface area contributed by atoms with E-state index in [1.54, 1.807) is 19.1 Å². The molecule has 112 valence electrons. The predicted octanol–water partition coefficient (Wildman–Crippen LogP) is 1.91. The van der Waals surface area contributed by atoms with Gasteiger partial charge in [-0.1, -0.05) is 6.92 Å². The summed E-state index contributed by atoms with van der Waals surface area (Å²) >= 11 is 0. The van der Waals surface area contributed by atoms with E-state index >= 15 is 0 Å². The van der Waals surface area contributed by atoms with Crippen molar-refractivity contribution in [2.45, 2.75) is 30.4 Å². The van der Waals surface area contributed by atoms with Crippen molar-refractivity contribution in [3.63, 3.8) is 0 Å². The average molecular weight is 301 g/mol. The predicted molar refractivity (Wildman–Crippen MR) is 74.9 cm³/mol. The molecule has 0 saturated carbocycles. The quantitative estimate of drug-likeness (QED) is 0.750. The van der Waals surface area contributed by atoms with Gasteiger partial charge < -0.3 is 15.2 Å². The van der Waals surface area contributed by atoms with Gasteiger partial charge in [-0.15, -0.1) is 0 Å². The van der Waals surface area contributed by atoms with E-state index in [1.165, 1.54) is 12.1 Å². The number of rotatable bonds is 7. The van der Waals surface area contributed by atoms with E-state index in [4.69, 9.17) is 9.84 Å². The van der Waals surface area contributed by atoms with Gasteiger partial charge in [-0.3, -0.25) is 0 Å². The van der Waals surface area contributed by atoms with Crippen LogP contribution >= 0.6 is 0 Å². The number of benzene rings is 1. The number of sulfone groups is 1. The van der Waals surface area contributed by atoms with Gasteiger partial charge in [0.1, 0.15) is 12.4 Å². The van der Waals surface area contributed by atoms with Crippen LogP contribution in [0.15, 0.2) is 29.2 Å². The molecule has 1 atom stereocenters. The number of hydrogen-bond donors (Lipinski definition) is 2. The highest BCUT2D eigenvalue weighted by atomic mass is 32.2. The molecule has 20 heavy (non-hydrogen) atoms. The van der Waals surface area contributed by atoms with Gasteiger partial charge in [-0.05, 0) is 37.6 Å². The van der Waals surface area contributed by atoms with E-state index in [0.717, 1.165) is 0 Å². The van der Waals surface area contributed by atoms with Crippen LogP contribution in [0.5, 0.6) is 5.75 Å². The number of carboxylic acid groups (broad SMARTS) is 1. The molecule has 0 aliphatic heterocycles. The molecule has 0 aliphatic carbocycles. The smallest absolute Gasteiger partial charge is 0.404 e. The molecular formula is C13H19NO5S. The second-order valence-corrected chi connectivity index (χ2v) is 6.68. The molecule has 0 spiro atoms. The van der Waals surface area contributed by atoms with Crippen LogP contribution in [0.1, 0.15) is 20.3 Å². The van der Waals surface area contributed by atoms with Crippen molar-refractivity contribution in [1.82, 2.24) is 5.32 Å². The summed E-state index contributed by atoms with van der Waals surface area (Å²) in [6.07, 6.45) is -0.551. The van der Waals surface area contributed by atoms with Gasteiger partial charge in [0, 0.05) is 0 Å². The fourth-order valence-corrected chi connectivity index (χ4v) is 2.92. The Balaban J connectivity index is 2.63. The van der Waals surface area contributed by atoms with Crippen molar-refractivity contribution in [1.29, 1.82) is 0 Å². The fourth-order valence-electron chi connectivity index (χ4n) is 1.50. The van der Waals surface area contributed by atoms with Crippen molar-refractivity contribution in [2.75, 3.05) is 13.2 Å². The third kappa shape index (κ3) is 4.41. The van der Waals surface area contributed by atoms with Gasteiger partial charge in [-0.2, -0.15) is 0 Å². The van der Waals surface area contributed by atoms with Crippen molar-refractivity contribution >= 4 is 15.9 Å². The number of amides is 1. The lowest BCUT2D eigenvalue weighted by atomic mass is 10.3. The van der Waals surface area contributed by atoms with E-state index in [9.17, 15) is 13.2 Å². The molecule has 0 heterocycles. The number of hydrogen-bond acceptors (Lipinski definition) is 4. The summed E-state index contributed by atoms with van der Waals surface area (Å²) in [4.78, 5) is 10.5. The van der Waals surface area contributed by atoms with E-state index in [2.05, 4.69) is 5.32 Å². The molecule has 0 bridgehead atoms. The van der Waals surface area contributed by atoms with Crippen molar-refractivity contribution in [2.24, 2.45) is 0 Å². The standard InChI is InChI=1S/C13H19NO5S/c1-3-10(2)20(17,18)12-6-4-11(5-7-12)19-9-8-14-13(15)16/h4-7,10,14H,3,8-9H2,1-2H3,(H,15,16). The Kier molecular flexibility index (Phi) is 5.82. The van der Waals surface area contributed by atoms with E-state index in [1.807, 2.05) is 6.92 Å². The maximum absolute atomic E-state index is 12.1. The van der Waals surface area contributed by atoms with E-state index < -0.39 is 21.2 Å². The van der Waals surface area contributed by atoms with Gasteiger partial charge in [0.2, 0.25) is 0 Å². The first-order chi connectivity index (χ1) is 9.37. The molecule has 1 rings (SSSR count). The molecule has 7 heteroatoms. The largest absolute Gasteiger partial charge is 0.492 e. The molecule has 0 aromatic heterocycles. The van der Waals surface area contributed by atoms with Crippen LogP contribution in [0, 0.1) is 0 Å². The van der Waals surface area contributed by atoms with Gasteiger partial charge in [0.05, 0.1) is 16.7 Å². The molecule has 2 N–H and O–H groups in total. The van der Waals surface area contributed by atoms with Gasteiger partial charge in [-0.25, -0.2) is 13.2 Å². The fraction of sp³-hybridized carbons (Fsp3) is 0.462. The third-order valence-electron chi connectivity index (χ3n) is 2.90. The molecule has 1 amide bonds. The second kappa shape index (κ2) is 7.14. The maximum Gasteiger partial charge on any atom is 0.404 e. The van der Waals surface area contributed by atoms with Crippen LogP contribution in [0.4, 0.5) is 4.79 Å². The summed E-state index contributed by atoms with van der Waals surface area (Å²) in [5, 5.41) is 10.1. The Bertz CT molecular complexity index is 538. The van der Waals surface area contributed by atoms with Crippen LogP contribution in [-0.2, 0) is 9.84 Å². The Morgan fingerprint density at radius 3 is 2.45 bits per heavy atom. The molecular weight excluding hydrogens is 282 g/mol. The topological polar surface area (TPSA) is 92.7 Å². The number of nitrogens with one attached hydrogen (secondary N) is 1. The molecule has 0 aliphatic rings. The zero-order valence-electron chi connectivity index (χ0n) is 11.5. The van der Waals surface area contributed by atoms with Crippen molar-refractivity contribution in [3.8, 4) is 5.75 Å². The van der Waals surface area contributed by atoms with Crippen LogP contribution in [-0.4, -0.2) is 38.0 Å². The summed E-state index contributed by atoms with van der Waals surface area (Å²) < 4.78 is 29.5. The SMILES string of the molecule is CCC(C)S(=O)(=O)c1ccc(OCCNC(=O)O)cc1. The van der Waals surface area contributed by atoms with Gasteiger partial charge in [0.15, 0.2) is 9.84 Å². The lowest BCUT2D eigenvalue weighted by Gasteiger charge is -2.11. The Labute approximate surface area is 118 Å². The first-order valence-corrected chi connectivity index (χ1v) is 7.86. The number of carbonyl (C=O) groups is 1. The molecule has 1 aromatic rings. The van der Waals surface area contributed by atoms with Gasteiger partial charge in [0.25, 0.3) is 0 Å². The van der Waals surface area contributed by atoms with Crippen molar-refractivity contribution in [3.05, 3.63) is 24.3 Å². The summed E-state index contributed by atoms with van der Waals surface area (Å²) in [7, 11) is -3.29. The Morgan fingerprint density at radius 2 is 1.95 bits per heavy atom. The van der Waals surface area contributed by atoms with Crippen LogP contribution in [0.25, 0.3) is 0 Å². The Hall–Kier alpha value is -1.76. The second-order valence-electron chi connectivity index (χ2n) is 4.32. The van der Waals surface area contributed by atoms with Crippen LogP contribution < -0.4 is 10.1 Å². The van der Waals surface area contributed by atoms with Gasteiger partial charge >= 0.3 is 6.09 Å². The lowest BCUT2D eigenvalue weighted by Crippen LogP contribution is -2.26. The van der Waals surface area contributed by atoms with Crippen LogP contribution in [0.3, 0.4) is 0 Å². The highest BCUT2D eigenvalue weighted by Gasteiger charge is 2.21. The highest BCUT2D eigenvalue weighted by molar-refractivity contribution is 7.92. The van der Waals surface area contributed by atoms with Crippen molar-refractivity contribution < 1.29 is 23.1 Å².